The molecule has 2 aromatic carbocycles. The van der Waals surface area contributed by atoms with Crippen molar-refractivity contribution >= 4 is 23.0 Å². The highest BCUT2D eigenvalue weighted by molar-refractivity contribution is 6.32. The summed E-state index contributed by atoms with van der Waals surface area (Å²) >= 11 is 6.98. The molecule has 0 atom stereocenters. The van der Waals surface area contributed by atoms with Crippen LogP contribution in [0.15, 0.2) is 89.0 Å². The molecule has 0 saturated carbocycles. The monoisotopic (exact) mass is 551 g/mol. The number of morpholine rings is 2. The van der Waals surface area contributed by atoms with Gasteiger partial charge < -0.3 is 14.4 Å². The van der Waals surface area contributed by atoms with E-state index in [0.717, 1.165) is 84.2 Å². The Bertz CT molecular complexity index is 1300. The minimum atomic E-state index is -0.248. The highest BCUT2D eigenvalue weighted by atomic mass is 35.5. The second-order valence-electron chi connectivity index (χ2n) is 9.87. The van der Waals surface area contributed by atoms with Gasteiger partial charge in [0.15, 0.2) is 13.1 Å². The molecule has 0 N–H and O–H groups in total. The van der Waals surface area contributed by atoms with Crippen LogP contribution in [0.25, 0.3) is 5.70 Å². The van der Waals surface area contributed by atoms with Crippen molar-refractivity contribution < 1.29 is 22.8 Å². The van der Waals surface area contributed by atoms with E-state index in [0.29, 0.717) is 26.4 Å². The van der Waals surface area contributed by atoms with E-state index in [4.69, 9.17) is 21.1 Å². The molecule has 0 bridgehead atoms. The zero-order valence-corrected chi connectivity index (χ0v) is 22.8. The van der Waals surface area contributed by atoms with Gasteiger partial charge >= 0.3 is 0 Å². The topological polar surface area (TPSA) is 24.7 Å². The van der Waals surface area contributed by atoms with Gasteiger partial charge in [0.05, 0.1) is 13.2 Å². The molecule has 1 aliphatic carbocycles. The van der Waals surface area contributed by atoms with Crippen molar-refractivity contribution in [3.8, 4) is 0 Å². The summed E-state index contributed by atoms with van der Waals surface area (Å²) in [5.41, 5.74) is 6.19. The number of rotatable bonds is 6. The first-order chi connectivity index (χ1) is 19.1. The van der Waals surface area contributed by atoms with Gasteiger partial charge in [-0.3, -0.25) is 0 Å². The molecule has 0 spiro atoms. The normalized spacial score (nSPS) is 20.3. The van der Waals surface area contributed by atoms with Crippen LogP contribution >= 0.6 is 11.6 Å². The fourth-order valence-corrected chi connectivity index (χ4v) is 5.50. The summed E-state index contributed by atoms with van der Waals surface area (Å²) in [6.45, 7) is 5.81. The van der Waals surface area contributed by atoms with Crippen LogP contribution in [0.5, 0.6) is 0 Å². The minimum Gasteiger partial charge on any atom is -0.378 e. The van der Waals surface area contributed by atoms with Crippen LogP contribution in [0.4, 0.5) is 8.78 Å². The Hall–Kier alpha value is -3.06. The summed E-state index contributed by atoms with van der Waals surface area (Å²) in [4.78, 5) is 2.28. The maximum absolute atomic E-state index is 13.6. The molecule has 0 unspecified atom stereocenters. The molecule has 0 amide bonds. The molecule has 2 aliphatic heterocycles. The molecule has 204 valence electrons. The molecular formula is C32H34ClF2N2O2+. The van der Waals surface area contributed by atoms with Gasteiger partial charge in [-0.1, -0.05) is 23.8 Å². The Morgan fingerprint density at radius 1 is 0.821 bits per heavy atom. The highest BCUT2D eigenvalue weighted by Crippen LogP contribution is 2.34. The molecule has 0 radical (unpaired) electrons. The van der Waals surface area contributed by atoms with Gasteiger partial charge in [0.2, 0.25) is 5.71 Å². The largest absolute Gasteiger partial charge is 0.378 e. The van der Waals surface area contributed by atoms with Gasteiger partial charge in [0.25, 0.3) is 0 Å². The van der Waals surface area contributed by atoms with E-state index in [-0.39, 0.29) is 11.6 Å². The number of ether oxygens (including phenoxy) is 2. The first-order valence-corrected chi connectivity index (χ1v) is 14.0. The molecule has 0 aromatic heterocycles. The summed E-state index contributed by atoms with van der Waals surface area (Å²) in [6.07, 6.45) is 11.2. The number of benzene rings is 2. The molecule has 2 aromatic rings. The maximum atomic E-state index is 13.6. The van der Waals surface area contributed by atoms with Gasteiger partial charge in [-0.2, -0.15) is 0 Å². The lowest BCUT2D eigenvalue weighted by molar-refractivity contribution is -0.548. The molecule has 4 nitrogen and oxygen atoms in total. The summed E-state index contributed by atoms with van der Waals surface area (Å²) < 4.78 is 40.6. The minimum absolute atomic E-state index is 0.248. The Morgan fingerprint density at radius 3 is 2.10 bits per heavy atom. The van der Waals surface area contributed by atoms with E-state index >= 15 is 0 Å². The van der Waals surface area contributed by atoms with E-state index in [9.17, 15) is 8.78 Å². The van der Waals surface area contributed by atoms with Crippen molar-refractivity contribution in [1.29, 1.82) is 0 Å². The van der Waals surface area contributed by atoms with E-state index in [1.54, 1.807) is 0 Å². The second kappa shape index (κ2) is 13.3. The van der Waals surface area contributed by atoms with Crippen molar-refractivity contribution in [1.82, 2.24) is 4.90 Å². The number of hydrogen-bond donors (Lipinski definition) is 0. The second-order valence-corrected chi connectivity index (χ2v) is 10.2. The predicted molar refractivity (Wildman–Crippen MR) is 152 cm³/mol. The zero-order chi connectivity index (χ0) is 27.0. The van der Waals surface area contributed by atoms with Gasteiger partial charge in [-0.05, 0) is 90.6 Å². The third-order valence-electron chi connectivity index (χ3n) is 7.32. The number of allylic oxidation sites excluding steroid dienone is 7. The number of halogens is 3. The Labute approximate surface area is 234 Å². The first kappa shape index (κ1) is 27.5. The van der Waals surface area contributed by atoms with Crippen LogP contribution in [0.1, 0.15) is 30.4 Å². The Kier molecular flexibility index (Phi) is 9.40. The Morgan fingerprint density at radius 2 is 1.44 bits per heavy atom. The lowest BCUT2D eigenvalue weighted by Gasteiger charge is -2.31. The molecule has 2 fully saturated rings. The van der Waals surface area contributed by atoms with Crippen molar-refractivity contribution in [2.45, 2.75) is 19.3 Å². The quantitative estimate of drug-likeness (QED) is 0.392. The number of hydrogen-bond acceptors (Lipinski definition) is 3. The summed E-state index contributed by atoms with van der Waals surface area (Å²) in [5.74, 6) is -0.496. The average molecular weight is 552 g/mol. The summed E-state index contributed by atoms with van der Waals surface area (Å²) in [6, 6.07) is 13.3. The van der Waals surface area contributed by atoms with E-state index in [1.165, 1.54) is 24.3 Å². The molecule has 2 saturated heterocycles. The van der Waals surface area contributed by atoms with Crippen LogP contribution < -0.4 is 0 Å². The third-order valence-corrected chi connectivity index (χ3v) is 7.81. The fourth-order valence-electron chi connectivity index (χ4n) is 5.19. The predicted octanol–water partition coefficient (Wildman–Crippen LogP) is 6.33. The SMILES string of the molecule is Fc1ccc(C(/C=C/C2=C(Cl)C(=C/C=C(\c3ccc(F)cc3)N3CCOCC3)/CCC2)=[N+]2CCOCC2)cc1. The van der Waals surface area contributed by atoms with Gasteiger partial charge in [0.1, 0.15) is 24.8 Å². The van der Waals surface area contributed by atoms with Crippen LogP contribution in [-0.4, -0.2) is 67.8 Å². The number of nitrogens with zero attached hydrogens (tertiary/aromatic N) is 2. The average Bonchev–Trinajstić information content (AvgIpc) is 2.97. The summed E-state index contributed by atoms with van der Waals surface area (Å²) in [7, 11) is 0. The lowest BCUT2D eigenvalue weighted by Crippen LogP contribution is -2.34. The van der Waals surface area contributed by atoms with Crippen molar-refractivity contribution in [3.63, 3.8) is 0 Å². The highest BCUT2D eigenvalue weighted by Gasteiger charge is 2.20. The van der Waals surface area contributed by atoms with Crippen LogP contribution in [0.3, 0.4) is 0 Å². The van der Waals surface area contributed by atoms with Crippen molar-refractivity contribution in [2.75, 3.05) is 52.6 Å². The van der Waals surface area contributed by atoms with E-state index in [1.807, 2.05) is 24.3 Å². The third kappa shape index (κ3) is 7.13. The van der Waals surface area contributed by atoms with Crippen LogP contribution in [0.2, 0.25) is 0 Å². The standard InChI is InChI=1S/C32H34ClF2N2O2/c33-32-26(8-14-30(36-16-20-38-21-17-36)24-4-10-28(34)11-5-24)2-1-3-27(32)9-15-31(37-18-22-39-23-19-37)25-6-12-29(35)13-7-25/h4-15H,1-3,16-23H2/q+1. The molecule has 2 heterocycles. The Balaban J connectivity index is 1.45. The molecular weight excluding hydrogens is 518 g/mol. The zero-order valence-electron chi connectivity index (χ0n) is 22.1. The first-order valence-electron chi connectivity index (χ1n) is 13.6. The van der Waals surface area contributed by atoms with Gasteiger partial charge in [0, 0.05) is 35.5 Å². The van der Waals surface area contributed by atoms with Gasteiger partial charge in [-0.25, -0.2) is 13.4 Å². The smallest absolute Gasteiger partial charge is 0.207 e. The molecule has 7 heteroatoms. The fraction of sp³-hybridized carbons (Fsp3) is 0.344. The van der Waals surface area contributed by atoms with Gasteiger partial charge in [-0.15, -0.1) is 0 Å². The maximum Gasteiger partial charge on any atom is 0.207 e. The van der Waals surface area contributed by atoms with E-state index in [2.05, 4.69) is 33.8 Å². The lowest BCUT2D eigenvalue weighted by atomic mass is 9.93. The molecule has 3 aliphatic rings. The summed E-state index contributed by atoms with van der Waals surface area (Å²) in [5, 5.41) is 0.773. The van der Waals surface area contributed by atoms with E-state index < -0.39 is 0 Å². The van der Waals surface area contributed by atoms with Crippen molar-refractivity contribution in [3.05, 3.63) is 112 Å². The van der Waals surface area contributed by atoms with Crippen molar-refractivity contribution in [2.24, 2.45) is 0 Å². The van der Waals surface area contributed by atoms with Crippen LogP contribution in [0, 0.1) is 11.6 Å². The molecule has 5 rings (SSSR count). The molecule has 39 heavy (non-hydrogen) atoms. The van der Waals surface area contributed by atoms with Crippen LogP contribution in [-0.2, 0) is 9.47 Å².